The van der Waals surface area contributed by atoms with Crippen LogP contribution in [-0.4, -0.2) is 51.4 Å². The zero-order valence-electron chi connectivity index (χ0n) is 20.6. The third-order valence-electron chi connectivity index (χ3n) is 7.59. The Morgan fingerprint density at radius 2 is 2.03 bits per heavy atom. The molecule has 3 aromatic heterocycles. The normalized spacial score (nSPS) is 20.7. The summed E-state index contributed by atoms with van der Waals surface area (Å²) in [7, 11) is 1.85. The highest BCUT2D eigenvalue weighted by Gasteiger charge is 2.50. The summed E-state index contributed by atoms with van der Waals surface area (Å²) in [5.41, 5.74) is 3.88. The van der Waals surface area contributed by atoms with E-state index in [0.717, 1.165) is 59.5 Å². The Kier molecular flexibility index (Phi) is 5.79. The summed E-state index contributed by atoms with van der Waals surface area (Å²) >= 11 is 1.43. The lowest BCUT2D eigenvalue weighted by molar-refractivity contribution is -0.125. The minimum absolute atomic E-state index is 0.00476. The lowest BCUT2D eigenvalue weighted by Gasteiger charge is -2.46. The van der Waals surface area contributed by atoms with Gasteiger partial charge in [-0.3, -0.25) is 19.9 Å². The van der Waals surface area contributed by atoms with Gasteiger partial charge in [0.25, 0.3) is 5.91 Å². The highest BCUT2D eigenvalue weighted by Crippen LogP contribution is 2.55. The van der Waals surface area contributed by atoms with Crippen LogP contribution in [0.2, 0.25) is 0 Å². The summed E-state index contributed by atoms with van der Waals surface area (Å²) in [6, 6.07) is 14.0. The van der Waals surface area contributed by atoms with Crippen molar-refractivity contribution in [1.82, 2.24) is 19.4 Å². The average molecular weight is 513 g/mol. The minimum atomic E-state index is -0.178. The number of fused-ring (bicyclic) bond motifs is 1. The van der Waals surface area contributed by atoms with Crippen molar-refractivity contribution in [2.45, 2.75) is 25.3 Å². The Morgan fingerprint density at radius 1 is 1.19 bits per heavy atom. The number of pyridine rings is 1. The molecule has 1 saturated carbocycles. The van der Waals surface area contributed by atoms with Gasteiger partial charge < -0.3 is 14.8 Å². The van der Waals surface area contributed by atoms with Crippen molar-refractivity contribution >= 4 is 45.8 Å². The van der Waals surface area contributed by atoms with Gasteiger partial charge in [-0.25, -0.2) is 4.98 Å². The predicted octanol–water partition coefficient (Wildman–Crippen LogP) is 5.19. The summed E-state index contributed by atoms with van der Waals surface area (Å²) in [4.78, 5) is 38.0. The zero-order chi connectivity index (χ0) is 25.6. The molecule has 8 nitrogen and oxygen atoms in total. The summed E-state index contributed by atoms with van der Waals surface area (Å²) in [5.74, 6) is 0.394. The van der Waals surface area contributed by atoms with Crippen LogP contribution in [-0.2, 0) is 4.79 Å². The Hall–Kier alpha value is -3.98. The number of likely N-dealkylation sites (tertiary alicyclic amines) is 1. The van der Waals surface area contributed by atoms with E-state index in [1.54, 1.807) is 12.4 Å². The molecule has 2 aliphatic rings. The molecule has 1 spiro atoms. The van der Waals surface area contributed by atoms with Gasteiger partial charge in [0.2, 0.25) is 11.9 Å². The van der Waals surface area contributed by atoms with Crippen LogP contribution in [0.3, 0.4) is 0 Å². The van der Waals surface area contributed by atoms with Crippen LogP contribution in [0.1, 0.15) is 35.0 Å². The molecule has 188 valence electrons. The van der Waals surface area contributed by atoms with Gasteiger partial charge in [0.05, 0.1) is 21.6 Å². The number of rotatable bonds is 6. The summed E-state index contributed by atoms with van der Waals surface area (Å²) in [6.45, 7) is 5.17. The maximum atomic E-state index is 13.3. The van der Waals surface area contributed by atoms with Crippen molar-refractivity contribution in [3.8, 4) is 10.4 Å². The van der Waals surface area contributed by atoms with Gasteiger partial charge in [-0.15, -0.1) is 11.3 Å². The Morgan fingerprint density at radius 3 is 2.84 bits per heavy atom. The number of nitrogens with one attached hydrogen (secondary N) is 2. The van der Waals surface area contributed by atoms with Gasteiger partial charge in [0, 0.05) is 49.0 Å². The molecule has 0 radical (unpaired) electrons. The fraction of sp³-hybridized carbons (Fsp3) is 0.286. The van der Waals surface area contributed by atoms with Crippen molar-refractivity contribution in [3.63, 3.8) is 0 Å². The number of hydrogen-bond acceptors (Lipinski definition) is 6. The van der Waals surface area contributed by atoms with E-state index in [1.165, 1.54) is 17.4 Å². The molecule has 0 unspecified atom stereocenters. The molecule has 4 heterocycles. The number of anilines is 2. The number of amides is 2. The van der Waals surface area contributed by atoms with E-state index in [9.17, 15) is 9.59 Å². The zero-order valence-corrected chi connectivity index (χ0v) is 21.4. The standard InChI is InChI=1S/C28H28N6O2S/c1-3-25(35)33-11-10-28(17-33)13-20(14-28)34-22-7-5-4-6-21(22)31-27(34)32-26(36)24-9-8-23(37-24)18-12-19(29-2)16-30-15-18/h3-9,12,15-16,20,29H,1,10-11,13-14,17H2,2H3,(H,31,32,36)/t20-,28+. The molecule has 37 heavy (non-hydrogen) atoms. The first kappa shape index (κ1) is 23.4. The number of hydrogen-bond donors (Lipinski definition) is 2. The van der Waals surface area contributed by atoms with Crippen LogP contribution in [0.25, 0.3) is 21.5 Å². The summed E-state index contributed by atoms with van der Waals surface area (Å²) in [6.07, 6.45) is 7.87. The first-order chi connectivity index (χ1) is 18.0. The number of benzene rings is 1. The number of para-hydroxylation sites is 2. The molecule has 1 aliphatic carbocycles. The molecule has 1 aliphatic heterocycles. The Labute approximate surface area is 219 Å². The number of carbonyl (C=O) groups is 2. The first-order valence-electron chi connectivity index (χ1n) is 12.4. The average Bonchev–Trinajstić information content (AvgIpc) is 3.64. The molecule has 4 aromatic rings. The van der Waals surface area contributed by atoms with E-state index in [4.69, 9.17) is 4.98 Å². The quantitative estimate of drug-likeness (QED) is 0.347. The number of carbonyl (C=O) groups excluding carboxylic acids is 2. The molecule has 2 amide bonds. The predicted molar refractivity (Wildman–Crippen MR) is 147 cm³/mol. The highest BCUT2D eigenvalue weighted by molar-refractivity contribution is 7.17. The Balaban J connectivity index is 1.23. The third-order valence-corrected chi connectivity index (χ3v) is 8.72. The maximum absolute atomic E-state index is 13.3. The topological polar surface area (TPSA) is 92.2 Å². The van der Waals surface area contributed by atoms with Crippen LogP contribution in [0.15, 0.2) is 67.5 Å². The molecule has 0 bridgehead atoms. The van der Waals surface area contributed by atoms with Crippen molar-refractivity contribution in [2.75, 3.05) is 30.8 Å². The van der Waals surface area contributed by atoms with Crippen molar-refractivity contribution < 1.29 is 9.59 Å². The lowest BCUT2D eigenvalue weighted by Crippen LogP contribution is -2.42. The highest BCUT2D eigenvalue weighted by atomic mass is 32.1. The van der Waals surface area contributed by atoms with E-state index >= 15 is 0 Å². The van der Waals surface area contributed by atoms with Crippen LogP contribution < -0.4 is 10.6 Å². The second-order valence-corrected chi connectivity index (χ2v) is 11.0. The monoisotopic (exact) mass is 512 g/mol. The fourth-order valence-corrected chi connectivity index (χ4v) is 6.58. The van der Waals surface area contributed by atoms with Crippen LogP contribution in [0.5, 0.6) is 0 Å². The van der Waals surface area contributed by atoms with E-state index in [-0.39, 0.29) is 23.3 Å². The van der Waals surface area contributed by atoms with Gasteiger partial charge in [0.1, 0.15) is 0 Å². The van der Waals surface area contributed by atoms with Gasteiger partial charge >= 0.3 is 0 Å². The molecule has 2 fully saturated rings. The number of aromatic nitrogens is 3. The number of imidazole rings is 1. The van der Waals surface area contributed by atoms with E-state index in [1.807, 2.05) is 48.3 Å². The smallest absolute Gasteiger partial charge is 0.268 e. The molecular formula is C28H28N6O2S. The molecule has 1 aromatic carbocycles. The van der Waals surface area contributed by atoms with E-state index in [0.29, 0.717) is 10.8 Å². The number of nitrogens with zero attached hydrogens (tertiary/aromatic N) is 4. The minimum Gasteiger partial charge on any atom is -0.387 e. The third kappa shape index (κ3) is 4.19. The lowest BCUT2D eigenvalue weighted by atomic mass is 9.65. The van der Waals surface area contributed by atoms with Crippen molar-refractivity contribution in [3.05, 3.63) is 72.4 Å². The van der Waals surface area contributed by atoms with Gasteiger partial charge in [-0.1, -0.05) is 18.7 Å². The van der Waals surface area contributed by atoms with Crippen LogP contribution >= 0.6 is 11.3 Å². The van der Waals surface area contributed by atoms with Crippen LogP contribution in [0.4, 0.5) is 11.6 Å². The van der Waals surface area contributed by atoms with Gasteiger partial charge in [0.15, 0.2) is 0 Å². The van der Waals surface area contributed by atoms with Gasteiger partial charge in [-0.05, 0) is 61.1 Å². The second-order valence-electron chi connectivity index (χ2n) is 9.90. The molecule has 9 heteroatoms. The first-order valence-corrected chi connectivity index (χ1v) is 13.2. The molecule has 2 N–H and O–H groups in total. The molecule has 0 atom stereocenters. The van der Waals surface area contributed by atoms with E-state index < -0.39 is 0 Å². The van der Waals surface area contributed by atoms with Crippen LogP contribution in [0, 0.1) is 5.41 Å². The molecular weight excluding hydrogens is 484 g/mol. The van der Waals surface area contributed by atoms with Crippen molar-refractivity contribution in [2.24, 2.45) is 5.41 Å². The fourth-order valence-electron chi connectivity index (χ4n) is 5.70. The summed E-state index contributed by atoms with van der Waals surface area (Å²) < 4.78 is 2.17. The Bertz CT molecular complexity index is 1520. The molecule has 6 rings (SSSR count). The second kappa shape index (κ2) is 9.15. The SMILES string of the molecule is C=CC(=O)N1CC[C@]2(C1)C[C@@H](n1c(NC(=O)c3ccc(-c4cncc(NC)c4)s3)nc3ccccc31)C2. The van der Waals surface area contributed by atoms with Crippen molar-refractivity contribution in [1.29, 1.82) is 0 Å². The maximum Gasteiger partial charge on any atom is 0.268 e. The van der Waals surface area contributed by atoms with Gasteiger partial charge in [-0.2, -0.15) is 0 Å². The van der Waals surface area contributed by atoms with E-state index in [2.05, 4.69) is 32.8 Å². The largest absolute Gasteiger partial charge is 0.387 e. The molecule has 1 saturated heterocycles. The number of thiophene rings is 1. The summed E-state index contributed by atoms with van der Waals surface area (Å²) in [5, 5.41) is 6.18.